The normalized spacial score (nSPS) is 18.1. The number of unbranched alkanes of at least 4 members (excludes halogenated alkanes) is 1. The highest BCUT2D eigenvalue weighted by Crippen LogP contribution is 2.52. The monoisotopic (exact) mass is 299 g/mol. The Bertz CT molecular complexity index is 253. The predicted molar refractivity (Wildman–Crippen MR) is 84.0 cm³/mol. The van der Waals surface area contributed by atoms with E-state index < -0.39 is 16.2 Å². The van der Waals surface area contributed by atoms with Crippen molar-refractivity contribution in [2.45, 2.75) is 70.8 Å². The van der Waals surface area contributed by atoms with Crippen LogP contribution >= 0.6 is 5.69 Å². The molecular weight excluding hydrogens is 271 g/mol. The molecule has 0 saturated carbocycles. The van der Waals surface area contributed by atoms with Gasteiger partial charge in [-0.2, -0.15) is 0 Å². The standard InChI is InChI=1S/C12H27O2PS2/c1-6-7-8-11(4)17(15(13,14)16)12(5)9-10(2)3/h10-12H,6-9H2,1-5H3,(H-,13,14,16)/p+1. The van der Waals surface area contributed by atoms with E-state index in [0.717, 1.165) is 25.7 Å². The van der Waals surface area contributed by atoms with Crippen molar-refractivity contribution in [2.24, 2.45) is 5.92 Å². The Morgan fingerprint density at radius 3 is 2.00 bits per heavy atom. The summed E-state index contributed by atoms with van der Waals surface area (Å²) in [6.45, 7) is 10.8. The Balaban J connectivity index is 4.70. The van der Waals surface area contributed by atoms with Crippen LogP contribution in [0.2, 0.25) is 0 Å². The zero-order valence-corrected chi connectivity index (χ0v) is 14.2. The first kappa shape index (κ1) is 17.9. The van der Waals surface area contributed by atoms with E-state index in [1.807, 2.05) is 0 Å². The van der Waals surface area contributed by atoms with Gasteiger partial charge in [-0.05, 0) is 39.0 Å². The van der Waals surface area contributed by atoms with Crippen molar-refractivity contribution in [3.8, 4) is 0 Å². The summed E-state index contributed by atoms with van der Waals surface area (Å²) in [5, 5.41) is 0.659. The van der Waals surface area contributed by atoms with Crippen molar-refractivity contribution in [2.75, 3.05) is 0 Å². The maximum atomic E-state index is 9.92. The van der Waals surface area contributed by atoms with E-state index in [1.54, 1.807) is 0 Å². The van der Waals surface area contributed by atoms with E-state index in [2.05, 4.69) is 34.6 Å². The molecule has 0 amide bonds. The van der Waals surface area contributed by atoms with Crippen LogP contribution in [0.3, 0.4) is 0 Å². The summed E-state index contributed by atoms with van der Waals surface area (Å²) in [6, 6.07) is 0. The fraction of sp³-hybridized carbons (Fsp3) is 1.00. The molecule has 0 aliphatic carbocycles. The topological polar surface area (TPSA) is 40.5 Å². The van der Waals surface area contributed by atoms with Gasteiger partial charge in [-0.15, -0.1) is 0 Å². The Kier molecular flexibility index (Phi) is 8.60. The molecule has 0 aliphatic rings. The second-order valence-corrected chi connectivity index (χ2v) is 13.5. The van der Waals surface area contributed by atoms with Crippen molar-refractivity contribution in [3.05, 3.63) is 0 Å². The molecule has 0 aromatic rings. The first-order valence-corrected chi connectivity index (χ1v) is 11.1. The van der Waals surface area contributed by atoms with Crippen LogP contribution in [0.1, 0.15) is 60.3 Å². The molecule has 17 heavy (non-hydrogen) atoms. The van der Waals surface area contributed by atoms with Gasteiger partial charge in [0.05, 0.1) is 10.5 Å². The van der Waals surface area contributed by atoms with E-state index in [0.29, 0.717) is 16.4 Å². The number of rotatable bonds is 8. The second-order valence-electron chi connectivity index (χ2n) is 5.23. The van der Waals surface area contributed by atoms with Crippen LogP contribution in [0, 0.1) is 5.92 Å². The van der Waals surface area contributed by atoms with E-state index in [4.69, 9.17) is 11.8 Å². The number of hydrogen-bond acceptors (Lipinski definition) is 1. The molecule has 0 rings (SSSR count). The van der Waals surface area contributed by atoms with Crippen LogP contribution in [0.5, 0.6) is 0 Å². The molecular formula is C12H28O2PS2+. The van der Waals surface area contributed by atoms with Crippen molar-refractivity contribution in [3.63, 3.8) is 0 Å². The Hall–Kier alpha value is 0.920. The molecule has 5 heteroatoms. The molecule has 0 aromatic heterocycles. The third kappa shape index (κ3) is 7.17. The van der Waals surface area contributed by atoms with E-state index in [1.165, 1.54) is 0 Å². The SMILES string of the molecule is CCCCC(C)[S+](C(C)CC(C)C)P(O)(O)=S. The fourth-order valence-electron chi connectivity index (χ4n) is 2.24. The first-order valence-electron chi connectivity index (χ1n) is 6.48. The van der Waals surface area contributed by atoms with Gasteiger partial charge in [-0.1, -0.05) is 27.2 Å². The van der Waals surface area contributed by atoms with Gasteiger partial charge in [0.25, 0.3) is 0 Å². The molecule has 0 fully saturated rings. The highest BCUT2D eigenvalue weighted by Gasteiger charge is 2.44. The van der Waals surface area contributed by atoms with E-state index in [-0.39, 0.29) is 0 Å². The smallest absolute Gasteiger partial charge is 0.307 e. The minimum atomic E-state index is -3.12. The third-order valence-corrected chi connectivity index (χ3v) is 10.8. The van der Waals surface area contributed by atoms with Gasteiger partial charge in [0.2, 0.25) is 0 Å². The van der Waals surface area contributed by atoms with E-state index in [9.17, 15) is 9.79 Å². The van der Waals surface area contributed by atoms with Crippen LogP contribution in [-0.4, -0.2) is 20.3 Å². The summed E-state index contributed by atoms with van der Waals surface area (Å²) in [4.78, 5) is 19.8. The van der Waals surface area contributed by atoms with E-state index >= 15 is 0 Å². The zero-order valence-electron chi connectivity index (χ0n) is 11.7. The lowest BCUT2D eigenvalue weighted by Gasteiger charge is -2.24. The maximum absolute atomic E-state index is 9.92. The summed E-state index contributed by atoms with van der Waals surface area (Å²) < 4.78 is 0. The molecule has 0 bridgehead atoms. The predicted octanol–water partition coefficient (Wildman–Crippen LogP) is 3.83. The van der Waals surface area contributed by atoms with Gasteiger partial charge in [0.1, 0.15) is 10.5 Å². The van der Waals surface area contributed by atoms with Crippen LogP contribution in [0.4, 0.5) is 0 Å². The average Bonchev–Trinajstić information content (AvgIpc) is 2.10. The molecule has 0 spiro atoms. The summed E-state index contributed by atoms with van der Waals surface area (Å²) >= 11 is 5.00. The van der Waals surface area contributed by atoms with Gasteiger partial charge in [0.15, 0.2) is 0 Å². The molecule has 3 unspecified atom stereocenters. The maximum Gasteiger partial charge on any atom is 0.394 e. The van der Waals surface area contributed by atoms with Gasteiger partial charge < -0.3 is 9.79 Å². The molecule has 2 N–H and O–H groups in total. The summed E-state index contributed by atoms with van der Waals surface area (Å²) in [6.07, 6.45) is 4.38. The van der Waals surface area contributed by atoms with Gasteiger partial charge in [0, 0.05) is 11.8 Å². The second kappa shape index (κ2) is 8.16. The Morgan fingerprint density at radius 2 is 1.65 bits per heavy atom. The van der Waals surface area contributed by atoms with Crippen LogP contribution < -0.4 is 0 Å². The summed E-state index contributed by atoms with van der Waals surface area (Å²) in [5.74, 6) is 0.583. The summed E-state index contributed by atoms with van der Waals surface area (Å²) in [7, 11) is -0.416. The zero-order chi connectivity index (χ0) is 13.6. The average molecular weight is 299 g/mol. The molecule has 104 valence electrons. The van der Waals surface area contributed by atoms with Gasteiger partial charge >= 0.3 is 5.69 Å². The lowest BCUT2D eigenvalue weighted by atomic mass is 10.1. The molecule has 3 atom stereocenters. The van der Waals surface area contributed by atoms with Crippen molar-refractivity contribution in [1.29, 1.82) is 0 Å². The molecule has 0 radical (unpaired) electrons. The van der Waals surface area contributed by atoms with Gasteiger partial charge in [-0.25, -0.2) is 0 Å². The fourth-order valence-corrected chi connectivity index (χ4v) is 11.0. The minimum absolute atomic E-state index is 0.322. The quantitative estimate of drug-likeness (QED) is 0.528. The Labute approximate surface area is 114 Å². The third-order valence-electron chi connectivity index (χ3n) is 2.87. The molecule has 0 saturated heterocycles. The molecule has 0 aliphatic heterocycles. The first-order chi connectivity index (χ1) is 7.70. The number of hydrogen-bond donors (Lipinski definition) is 2. The highest BCUT2D eigenvalue weighted by molar-refractivity contribution is 8.65. The van der Waals surface area contributed by atoms with Crippen molar-refractivity contribution < 1.29 is 9.79 Å². The van der Waals surface area contributed by atoms with Gasteiger partial charge in [-0.3, -0.25) is 0 Å². The Morgan fingerprint density at radius 1 is 1.12 bits per heavy atom. The minimum Gasteiger partial charge on any atom is -0.307 e. The van der Waals surface area contributed by atoms with Crippen LogP contribution in [0.25, 0.3) is 0 Å². The highest BCUT2D eigenvalue weighted by atomic mass is 32.9. The van der Waals surface area contributed by atoms with Crippen molar-refractivity contribution >= 4 is 28.0 Å². The lowest BCUT2D eigenvalue weighted by Crippen LogP contribution is -2.29. The van der Waals surface area contributed by atoms with Crippen LogP contribution in [-0.2, 0) is 22.3 Å². The van der Waals surface area contributed by atoms with Crippen LogP contribution in [0.15, 0.2) is 0 Å². The lowest BCUT2D eigenvalue weighted by molar-refractivity contribution is 0.498. The molecule has 0 heterocycles. The molecule has 2 nitrogen and oxygen atoms in total. The largest absolute Gasteiger partial charge is 0.394 e. The molecule has 0 aromatic carbocycles. The summed E-state index contributed by atoms with van der Waals surface area (Å²) in [5.41, 5.74) is -3.12. The van der Waals surface area contributed by atoms with Crippen molar-refractivity contribution in [1.82, 2.24) is 0 Å².